The monoisotopic (exact) mass is 201 g/mol. The molecule has 0 unspecified atom stereocenters. The van der Waals surface area contributed by atoms with Crippen molar-refractivity contribution >= 4 is 16.1 Å². The Bertz CT molecular complexity index is 376. The Morgan fingerprint density at radius 3 is 2.31 bits per heavy atom. The average Bonchev–Trinajstić information content (AvgIpc) is 2.03. The summed E-state index contributed by atoms with van der Waals surface area (Å²) in [5.41, 5.74) is 0.738. The van der Waals surface area contributed by atoms with Gasteiger partial charge in [0.2, 0.25) is 0 Å². The molecule has 0 saturated carbocycles. The van der Waals surface area contributed by atoms with Crippen LogP contribution in [0, 0.1) is 0 Å². The molecule has 0 atom stereocenters. The first-order valence-electron chi connectivity index (χ1n) is 3.59. The zero-order valence-corrected chi connectivity index (χ0v) is 7.32. The van der Waals surface area contributed by atoms with E-state index in [9.17, 15) is 8.42 Å². The first-order chi connectivity index (χ1) is 6.16. The van der Waals surface area contributed by atoms with Crippen LogP contribution in [0.2, 0.25) is 0 Å². The minimum atomic E-state index is -3.71. The molecule has 1 aromatic rings. The zero-order valence-electron chi connectivity index (χ0n) is 6.51. The molecule has 1 fully saturated rings. The van der Waals surface area contributed by atoms with Crippen LogP contribution in [0.1, 0.15) is 0 Å². The van der Waals surface area contributed by atoms with E-state index in [1.165, 1.54) is 0 Å². The van der Waals surface area contributed by atoms with Crippen LogP contribution in [0.5, 0.6) is 0 Å². The maximum atomic E-state index is 10.4. The van der Waals surface area contributed by atoms with Gasteiger partial charge in [-0.1, -0.05) is 18.2 Å². The van der Waals surface area contributed by atoms with Gasteiger partial charge in [-0.2, -0.15) is 16.8 Å². The normalized spacial score (nSPS) is 20.6. The molecule has 2 rings (SSSR count). The molecule has 0 aromatic heterocycles. The molecule has 13 heavy (non-hydrogen) atoms. The molecule has 1 N–H and O–H groups in total. The average molecular weight is 201 g/mol. The van der Waals surface area contributed by atoms with Gasteiger partial charge in [-0.25, -0.2) is 0 Å². The van der Waals surface area contributed by atoms with Crippen molar-refractivity contribution in [2.24, 2.45) is 0 Å². The smallest absolute Gasteiger partial charge is 0.335 e. The SMILES string of the molecule is O=S1(=O)OC(Nc2ccccc2)O1. The number of hydrogen-bond acceptors (Lipinski definition) is 5. The molecule has 0 aliphatic carbocycles. The highest BCUT2D eigenvalue weighted by molar-refractivity contribution is 7.82. The summed E-state index contributed by atoms with van der Waals surface area (Å²) in [5, 5.41) is 2.71. The van der Waals surface area contributed by atoms with Crippen LogP contribution >= 0.6 is 0 Å². The highest BCUT2D eigenvalue weighted by Gasteiger charge is 2.36. The molecule has 1 aromatic carbocycles. The van der Waals surface area contributed by atoms with Gasteiger partial charge in [0.15, 0.2) is 0 Å². The molecule has 5 nitrogen and oxygen atoms in total. The quantitative estimate of drug-likeness (QED) is 0.762. The first-order valence-corrected chi connectivity index (χ1v) is 4.92. The van der Waals surface area contributed by atoms with Crippen LogP contribution in [0.15, 0.2) is 30.3 Å². The van der Waals surface area contributed by atoms with Gasteiger partial charge in [0.05, 0.1) is 0 Å². The molecular formula is C7H7NO4S. The fourth-order valence-corrected chi connectivity index (χ4v) is 1.48. The lowest BCUT2D eigenvalue weighted by atomic mass is 10.3. The standard InChI is InChI=1S/C7H7NO4S/c9-13(10)11-7(12-13)8-6-4-2-1-3-5-6/h1-5,7-8H. The lowest BCUT2D eigenvalue weighted by Crippen LogP contribution is -2.41. The van der Waals surface area contributed by atoms with Crippen LogP contribution in [0.25, 0.3) is 0 Å². The number of benzene rings is 1. The molecule has 1 heterocycles. The summed E-state index contributed by atoms with van der Waals surface area (Å²) in [5.74, 6) is 0. The van der Waals surface area contributed by atoms with E-state index in [0.717, 1.165) is 5.69 Å². The Balaban J connectivity index is 1.95. The lowest BCUT2D eigenvalue weighted by Gasteiger charge is -2.25. The van der Waals surface area contributed by atoms with Crippen molar-refractivity contribution in [1.29, 1.82) is 0 Å². The maximum absolute atomic E-state index is 10.4. The van der Waals surface area contributed by atoms with Gasteiger partial charge in [0, 0.05) is 5.69 Å². The third-order valence-corrected chi connectivity index (χ3v) is 2.29. The predicted molar refractivity (Wildman–Crippen MR) is 44.9 cm³/mol. The van der Waals surface area contributed by atoms with Crippen LogP contribution in [0.4, 0.5) is 5.69 Å². The number of para-hydroxylation sites is 1. The summed E-state index contributed by atoms with van der Waals surface area (Å²) < 4.78 is 29.5. The third kappa shape index (κ3) is 1.97. The van der Waals surface area contributed by atoms with E-state index >= 15 is 0 Å². The fraction of sp³-hybridized carbons (Fsp3) is 0.143. The molecule has 1 aliphatic rings. The van der Waals surface area contributed by atoms with Crippen molar-refractivity contribution in [2.75, 3.05) is 5.32 Å². The van der Waals surface area contributed by atoms with E-state index in [4.69, 9.17) is 0 Å². The number of hydrogen-bond donors (Lipinski definition) is 1. The van der Waals surface area contributed by atoms with Gasteiger partial charge < -0.3 is 5.32 Å². The number of anilines is 1. The van der Waals surface area contributed by atoms with E-state index in [-0.39, 0.29) is 0 Å². The minimum Gasteiger partial charge on any atom is -0.335 e. The Morgan fingerprint density at radius 1 is 1.15 bits per heavy atom. The van der Waals surface area contributed by atoms with Crippen LogP contribution in [-0.2, 0) is 18.8 Å². The minimum absolute atomic E-state index is 0.738. The van der Waals surface area contributed by atoms with Crippen molar-refractivity contribution in [1.82, 2.24) is 0 Å². The Labute approximate surface area is 75.6 Å². The molecule has 6 heteroatoms. The van der Waals surface area contributed by atoms with E-state index in [1.54, 1.807) is 12.1 Å². The van der Waals surface area contributed by atoms with E-state index in [2.05, 4.69) is 13.7 Å². The highest BCUT2D eigenvalue weighted by Crippen LogP contribution is 2.20. The molecule has 70 valence electrons. The summed E-state index contributed by atoms with van der Waals surface area (Å²) >= 11 is 0. The van der Waals surface area contributed by atoms with Gasteiger partial charge in [-0.15, -0.1) is 0 Å². The van der Waals surface area contributed by atoms with Gasteiger partial charge >= 0.3 is 10.4 Å². The third-order valence-electron chi connectivity index (χ3n) is 1.47. The molecular weight excluding hydrogens is 194 g/mol. The topological polar surface area (TPSA) is 64.6 Å². The van der Waals surface area contributed by atoms with Crippen LogP contribution < -0.4 is 5.32 Å². The zero-order chi connectivity index (χ0) is 9.31. The second-order valence-corrected chi connectivity index (χ2v) is 3.64. The van der Waals surface area contributed by atoms with Crippen LogP contribution in [-0.4, -0.2) is 14.8 Å². The van der Waals surface area contributed by atoms with Gasteiger partial charge in [0.1, 0.15) is 0 Å². The molecule has 0 amide bonds. The van der Waals surface area contributed by atoms with E-state index in [1.807, 2.05) is 18.2 Å². The van der Waals surface area contributed by atoms with Crippen LogP contribution in [0.3, 0.4) is 0 Å². The summed E-state index contributed by atoms with van der Waals surface area (Å²) in [6.07, 6.45) is -0.896. The predicted octanol–water partition coefficient (Wildman–Crippen LogP) is 0.674. The molecule has 1 aliphatic heterocycles. The van der Waals surface area contributed by atoms with Crippen molar-refractivity contribution < 1.29 is 16.8 Å². The largest absolute Gasteiger partial charge is 0.407 e. The van der Waals surface area contributed by atoms with Crippen molar-refractivity contribution in [3.8, 4) is 0 Å². The van der Waals surface area contributed by atoms with E-state index < -0.39 is 16.8 Å². The first kappa shape index (κ1) is 8.49. The molecule has 0 radical (unpaired) electrons. The Kier molecular flexibility index (Phi) is 1.95. The summed E-state index contributed by atoms with van der Waals surface area (Å²) in [4.78, 5) is 0. The molecule has 0 bridgehead atoms. The summed E-state index contributed by atoms with van der Waals surface area (Å²) in [6, 6.07) is 9.03. The Morgan fingerprint density at radius 2 is 1.77 bits per heavy atom. The summed E-state index contributed by atoms with van der Waals surface area (Å²) in [7, 11) is -3.71. The van der Waals surface area contributed by atoms with Gasteiger partial charge in [-0.05, 0) is 12.1 Å². The lowest BCUT2D eigenvalue weighted by molar-refractivity contribution is -0.0571. The number of nitrogens with one attached hydrogen (secondary N) is 1. The maximum Gasteiger partial charge on any atom is 0.407 e. The van der Waals surface area contributed by atoms with Crippen molar-refractivity contribution in [2.45, 2.75) is 6.41 Å². The fourth-order valence-electron chi connectivity index (χ4n) is 0.940. The van der Waals surface area contributed by atoms with E-state index in [0.29, 0.717) is 0 Å². The second kappa shape index (κ2) is 2.99. The highest BCUT2D eigenvalue weighted by atomic mass is 32.3. The molecule has 0 spiro atoms. The van der Waals surface area contributed by atoms with Gasteiger partial charge in [0.25, 0.3) is 6.41 Å². The Hall–Kier alpha value is -1.11. The van der Waals surface area contributed by atoms with Gasteiger partial charge in [-0.3, -0.25) is 0 Å². The van der Waals surface area contributed by atoms with Crippen molar-refractivity contribution in [3.05, 3.63) is 30.3 Å². The number of rotatable bonds is 2. The second-order valence-electron chi connectivity index (χ2n) is 2.44. The molecule has 1 saturated heterocycles. The van der Waals surface area contributed by atoms with Crippen molar-refractivity contribution in [3.63, 3.8) is 0 Å². The summed E-state index contributed by atoms with van der Waals surface area (Å²) in [6.45, 7) is 0.